The van der Waals surface area contributed by atoms with Gasteiger partial charge in [0.15, 0.2) is 17.2 Å². The summed E-state index contributed by atoms with van der Waals surface area (Å²) in [5.41, 5.74) is 1.88. The van der Waals surface area contributed by atoms with Crippen molar-refractivity contribution >= 4 is 5.71 Å². The summed E-state index contributed by atoms with van der Waals surface area (Å²) in [4.78, 5) is 0. The highest BCUT2D eigenvalue weighted by Gasteiger charge is 2.46. The molecular formula is C20H22N2O4. The Kier molecular flexibility index (Phi) is 3.72. The first-order valence-corrected chi connectivity index (χ1v) is 8.54. The second kappa shape index (κ2) is 5.83. The van der Waals surface area contributed by atoms with Crippen molar-refractivity contribution in [2.45, 2.75) is 32.0 Å². The molecule has 2 aromatic rings. The van der Waals surface area contributed by atoms with Crippen molar-refractivity contribution < 1.29 is 19.3 Å². The van der Waals surface area contributed by atoms with Gasteiger partial charge < -0.3 is 19.3 Å². The first-order valence-electron chi connectivity index (χ1n) is 8.54. The molecule has 1 atom stereocenters. The minimum absolute atomic E-state index is 0.0180. The van der Waals surface area contributed by atoms with E-state index in [1.165, 1.54) is 0 Å². The number of aromatic hydroxyl groups is 1. The number of rotatable bonds is 3. The predicted molar refractivity (Wildman–Crippen MR) is 98.1 cm³/mol. The first kappa shape index (κ1) is 16.6. The zero-order valence-corrected chi connectivity index (χ0v) is 15.3. The van der Waals surface area contributed by atoms with Crippen LogP contribution in [-0.4, -0.2) is 35.8 Å². The van der Waals surface area contributed by atoms with E-state index >= 15 is 0 Å². The van der Waals surface area contributed by atoms with Crippen LogP contribution in [0.1, 0.15) is 37.4 Å². The maximum atomic E-state index is 10.3. The fourth-order valence-corrected chi connectivity index (χ4v) is 3.65. The molecule has 0 spiro atoms. The van der Waals surface area contributed by atoms with Gasteiger partial charge in [0.2, 0.25) is 0 Å². The van der Waals surface area contributed by atoms with Gasteiger partial charge in [-0.2, -0.15) is 5.10 Å². The standard InChI is InChI=1S/C20H22N2O4/c1-20(2)22-16(13-6-5-7-18(25-4)19(13)26-20)11-15(21-22)14-10-12(24-3)8-9-17(14)23/h5-10,16,23H,11H2,1-4H3. The van der Waals surface area contributed by atoms with Gasteiger partial charge in [0.05, 0.1) is 26.0 Å². The van der Waals surface area contributed by atoms with Crippen LogP contribution in [0.4, 0.5) is 0 Å². The summed E-state index contributed by atoms with van der Waals surface area (Å²) in [5, 5.41) is 17.1. The molecule has 0 radical (unpaired) electrons. The van der Waals surface area contributed by atoms with Gasteiger partial charge in [0, 0.05) is 17.5 Å². The zero-order valence-electron chi connectivity index (χ0n) is 15.3. The van der Waals surface area contributed by atoms with E-state index in [-0.39, 0.29) is 11.8 Å². The van der Waals surface area contributed by atoms with Crippen LogP contribution in [0.3, 0.4) is 0 Å². The summed E-state index contributed by atoms with van der Waals surface area (Å²) in [6.07, 6.45) is 0.660. The third-order valence-electron chi connectivity index (χ3n) is 4.92. The van der Waals surface area contributed by atoms with Crippen LogP contribution in [-0.2, 0) is 0 Å². The predicted octanol–water partition coefficient (Wildman–Crippen LogP) is 3.69. The molecule has 136 valence electrons. The molecule has 26 heavy (non-hydrogen) atoms. The Morgan fingerprint density at radius 2 is 2.00 bits per heavy atom. The molecular weight excluding hydrogens is 332 g/mol. The van der Waals surface area contributed by atoms with Crippen LogP contribution in [0.5, 0.6) is 23.0 Å². The Morgan fingerprint density at radius 1 is 1.19 bits per heavy atom. The first-order chi connectivity index (χ1) is 12.4. The number of methoxy groups -OCH3 is 2. The van der Waals surface area contributed by atoms with Gasteiger partial charge in [-0.1, -0.05) is 12.1 Å². The molecule has 0 bridgehead atoms. The largest absolute Gasteiger partial charge is 0.507 e. The Labute approximate surface area is 152 Å². The third kappa shape index (κ3) is 2.44. The monoisotopic (exact) mass is 354 g/mol. The molecule has 0 aromatic heterocycles. The number of phenols is 1. The van der Waals surface area contributed by atoms with Crippen LogP contribution in [0, 0.1) is 0 Å². The van der Waals surface area contributed by atoms with Crippen molar-refractivity contribution in [2.24, 2.45) is 5.10 Å². The molecule has 2 aliphatic rings. The topological polar surface area (TPSA) is 63.5 Å². The highest BCUT2D eigenvalue weighted by Crippen LogP contribution is 2.50. The van der Waals surface area contributed by atoms with Crippen molar-refractivity contribution in [3.63, 3.8) is 0 Å². The number of phenolic OH excluding ortho intramolecular Hbond substituents is 1. The fourth-order valence-electron chi connectivity index (χ4n) is 3.65. The molecule has 2 heterocycles. The van der Waals surface area contributed by atoms with Gasteiger partial charge in [-0.15, -0.1) is 0 Å². The van der Waals surface area contributed by atoms with Crippen molar-refractivity contribution in [1.29, 1.82) is 0 Å². The Bertz CT molecular complexity index is 891. The molecule has 0 saturated heterocycles. The van der Waals surface area contributed by atoms with Gasteiger partial charge in [0.25, 0.3) is 0 Å². The number of para-hydroxylation sites is 1. The maximum absolute atomic E-state index is 10.3. The number of hydrogen-bond acceptors (Lipinski definition) is 6. The van der Waals surface area contributed by atoms with Gasteiger partial charge in [-0.05, 0) is 38.1 Å². The zero-order chi connectivity index (χ0) is 18.5. The van der Waals surface area contributed by atoms with Crippen LogP contribution in [0.25, 0.3) is 0 Å². The lowest BCUT2D eigenvalue weighted by atomic mass is 9.94. The van der Waals surface area contributed by atoms with E-state index in [2.05, 4.69) is 0 Å². The number of hydrogen-bond donors (Lipinski definition) is 1. The Hall–Kier alpha value is -2.89. The van der Waals surface area contributed by atoms with Crippen LogP contribution in [0.2, 0.25) is 0 Å². The average Bonchev–Trinajstić information content (AvgIpc) is 3.08. The van der Waals surface area contributed by atoms with Crippen LogP contribution in [0.15, 0.2) is 41.5 Å². The smallest absolute Gasteiger partial charge is 0.192 e. The van der Waals surface area contributed by atoms with E-state index < -0.39 is 5.72 Å². The molecule has 2 aromatic carbocycles. The Balaban J connectivity index is 1.79. The van der Waals surface area contributed by atoms with Gasteiger partial charge in [0.1, 0.15) is 11.5 Å². The quantitative estimate of drug-likeness (QED) is 0.911. The number of ether oxygens (including phenoxy) is 3. The van der Waals surface area contributed by atoms with E-state index in [4.69, 9.17) is 19.3 Å². The minimum Gasteiger partial charge on any atom is -0.507 e. The number of hydrazone groups is 1. The second-order valence-electron chi connectivity index (χ2n) is 6.92. The summed E-state index contributed by atoms with van der Waals surface area (Å²) in [6, 6.07) is 11.1. The highest BCUT2D eigenvalue weighted by molar-refractivity contribution is 6.04. The van der Waals surface area contributed by atoms with Crippen LogP contribution < -0.4 is 14.2 Å². The molecule has 6 heteroatoms. The third-order valence-corrected chi connectivity index (χ3v) is 4.92. The lowest BCUT2D eigenvalue weighted by Crippen LogP contribution is -2.48. The van der Waals surface area contributed by atoms with E-state index in [1.54, 1.807) is 26.4 Å². The van der Waals surface area contributed by atoms with Gasteiger partial charge in [-0.3, -0.25) is 0 Å². The van der Waals surface area contributed by atoms with Gasteiger partial charge in [-0.25, -0.2) is 5.01 Å². The van der Waals surface area contributed by atoms with Gasteiger partial charge >= 0.3 is 0 Å². The van der Waals surface area contributed by atoms with Crippen molar-refractivity contribution in [2.75, 3.05) is 14.2 Å². The van der Waals surface area contributed by atoms with Crippen molar-refractivity contribution in [3.8, 4) is 23.0 Å². The van der Waals surface area contributed by atoms with Crippen LogP contribution >= 0.6 is 0 Å². The summed E-state index contributed by atoms with van der Waals surface area (Å²) in [5.74, 6) is 2.34. The highest BCUT2D eigenvalue weighted by atomic mass is 16.5. The minimum atomic E-state index is -0.636. The molecule has 1 unspecified atom stereocenters. The summed E-state index contributed by atoms with van der Waals surface area (Å²) >= 11 is 0. The summed E-state index contributed by atoms with van der Waals surface area (Å²) < 4.78 is 17.0. The molecule has 6 nitrogen and oxygen atoms in total. The Morgan fingerprint density at radius 3 is 2.73 bits per heavy atom. The van der Waals surface area contributed by atoms with Crippen molar-refractivity contribution in [1.82, 2.24) is 5.01 Å². The van der Waals surface area contributed by atoms with E-state index in [1.807, 2.05) is 43.1 Å². The fraction of sp³-hybridized carbons (Fsp3) is 0.350. The molecule has 1 N–H and O–H groups in total. The molecule has 0 saturated carbocycles. The molecule has 2 aliphatic heterocycles. The second-order valence-corrected chi connectivity index (χ2v) is 6.92. The summed E-state index contributed by atoms with van der Waals surface area (Å²) in [6.45, 7) is 3.96. The molecule has 4 rings (SSSR count). The average molecular weight is 354 g/mol. The van der Waals surface area contributed by atoms with E-state index in [9.17, 15) is 5.11 Å². The SMILES string of the molecule is COc1ccc(O)c(C2=NN3C(C2)c2cccc(OC)c2OC3(C)C)c1. The molecule has 0 amide bonds. The van der Waals surface area contributed by atoms with Crippen molar-refractivity contribution in [3.05, 3.63) is 47.5 Å². The molecule has 0 fully saturated rings. The van der Waals surface area contributed by atoms with E-state index in [0.717, 1.165) is 17.0 Å². The lowest BCUT2D eigenvalue weighted by Gasteiger charge is -2.43. The lowest BCUT2D eigenvalue weighted by molar-refractivity contribution is -0.0924. The number of fused-ring (bicyclic) bond motifs is 3. The maximum Gasteiger partial charge on any atom is 0.192 e. The molecule has 0 aliphatic carbocycles. The van der Waals surface area contributed by atoms with E-state index in [0.29, 0.717) is 23.5 Å². The number of nitrogens with zero attached hydrogens (tertiary/aromatic N) is 2. The normalized spacial score (nSPS) is 19.9. The summed E-state index contributed by atoms with van der Waals surface area (Å²) in [7, 11) is 3.25. The number of benzene rings is 2.